The van der Waals surface area contributed by atoms with Gasteiger partial charge >= 0.3 is 0 Å². The van der Waals surface area contributed by atoms with E-state index >= 15 is 0 Å². The molecular weight excluding hydrogens is 342 g/mol. The van der Waals surface area contributed by atoms with Crippen molar-refractivity contribution in [2.45, 2.75) is 5.16 Å². The van der Waals surface area contributed by atoms with E-state index in [-0.39, 0.29) is 17.3 Å². The highest BCUT2D eigenvalue weighted by Gasteiger charge is 2.10. The fraction of sp³-hybridized carbons (Fsp3) is 0.0625. The molecular formula is C16H13N5O3S. The van der Waals surface area contributed by atoms with Gasteiger partial charge in [0.15, 0.2) is 5.16 Å². The largest absolute Gasteiger partial charge is 0.333 e. The summed E-state index contributed by atoms with van der Waals surface area (Å²) in [5.74, 6) is -0.214. The number of nitro benzene ring substituents is 1. The van der Waals surface area contributed by atoms with Gasteiger partial charge in [-0.05, 0) is 18.2 Å². The summed E-state index contributed by atoms with van der Waals surface area (Å²) >= 11 is 1.25. The second-order valence-electron chi connectivity index (χ2n) is 4.96. The zero-order valence-electron chi connectivity index (χ0n) is 12.9. The second-order valence-corrected chi connectivity index (χ2v) is 5.92. The molecule has 25 heavy (non-hydrogen) atoms. The molecule has 0 bridgehead atoms. The number of carbonyl (C=O) groups excluding carboxylic acids is 1. The smallest absolute Gasteiger partial charge is 0.278 e. The van der Waals surface area contributed by atoms with Crippen LogP contribution in [0.4, 0.5) is 5.69 Å². The number of rotatable bonds is 6. The van der Waals surface area contributed by atoms with Gasteiger partial charge in [0.1, 0.15) is 0 Å². The molecule has 0 unspecified atom stereocenters. The van der Waals surface area contributed by atoms with Crippen molar-refractivity contribution in [3.63, 3.8) is 0 Å². The maximum atomic E-state index is 11.8. The number of hydrazone groups is 1. The molecule has 0 spiro atoms. The Morgan fingerprint density at radius 1 is 1.28 bits per heavy atom. The predicted molar refractivity (Wildman–Crippen MR) is 95.7 cm³/mol. The normalized spacial score (nSPS) is 11.0. The molecule has 9 heteroatoms. The number of nitrogens with zero attached hydrogens (tertiary/aromatic N) is 3. The molecule has 0 atom stereocenters. The number of hydrogen-bond donors (Lipinski definition) is 2. The third kappa shape index (κ3) is 4.21. The molecule has 0 fully saturated rings. The summed E-state index contributed by atoms with van der Waals surface area (Å²) in [4.78, 5) is 29.7. The minimum atomic E-state index is -0.499. The first-order valence-corrected chi connectivity index (χ1v) is 8.25. The number of carbonyl (C=O) groups is 1. The molecule has 0 aliphatic carbocycles. The lowest BCUT2D eigenvalue weighted by atomic mass is 10.2. The molecule has 1 aromatic heterocycles. The zero-order valence-corrected chi connectivity index (χ0v) is 13.7. The number of fused-ring (bicyclic) bond motifs is 1. The van der Waals surface area contributed by atoms with E-state index in [4.69, 9.17) is 0 Å². The Bertz CT molecular complexity index is 921. The van der Waals surface area contributed by atoms with Crippen molar-refractivity contribution in [1.29, 1.82) is 0 Å². The van der Waals surface area contributed by atoms with E-state index in [0.29, 0.717) is 10.7 Å². The zero-order chi connectivity index (χ0) is 17.6. The van der Waals surface area contributed by atoms with Crippen LogP contribution in [0.3, 0.4) is 0 Å². The van der Waals surface area contributed by atoms with Crippen molar-refractivity contribution in [2.24, 2.45) is 5.10 Å². The summed E-state index contributed by atoms with van der Waals surface area (Å²) in [5.41, 5.74) is 4.33. The highest BCUT2D eigenvalue weighted by Crippen LogP contribution is 2.19. The van der Waals surface area contributed by atoms with Crippen LogP contribution in [0.5, 0.6) is 0 Å². The van der Waals surface area contributed by atoms with Gasteiger partial charge in [-0.1, -0.05) is 36.0 Å². The van der Waals surface area contributed by atoms with E-state index in [1.54, 1.807) is 18.2 Å². The van der Waals surface area contributed by atoms with Gasteiger partial charge in [0, 0.05) is 6.07 Å². The molecule has 2 N–H and O–H groups in total. The maximum absolute atomic E-state index is 11.8. The van der Waals surface area contributed by atoms with Crippen LogP contribution in [0.2, 0.25) is 0 Å². The molecule has 8 nitrogen and oxygen atoms in total. The highest BCUT2D eigenvalue weighted by atomic mass is 32.2. The van der Waals surface area contributed by atoms with Gasteiger partial charge in [-0.3, -0.25) is 14.9 Å². The van der Waals surface area contributed by atoms with Gasteiger partial charge in [0.2, 0.25) is 0 Å². The lowest BCUT2D eigenvalue weighted by Gasteiger charge is -1.98. The number of aromatic amines is 1. The van der Waals surface area contributed by atoms with Crippen molar-refractivity contribution in [2.75, 3.05) is 5.75 Å². The number of nitrogens with one attached hydrogen (secondary N) is 2. The summed E-state index contributed by atoms with van der Waals surface area (Å²) in [7, 11) is 0. The monoisotopic (exact) mass is 355 g/mol. The van der Waals surface area contributed by atoms with Gasteiger partial charge in [0.05, 0.1) is 33.5 Å². The highest BCUT2D eigenvalue weighted by molar-refractivity contribution is 7.99. The van der Waals surface area contributed by atoms with Crippen molar-refractivity contribution in [3.8, 4) is 0 Å². The van der Waals surface area contributed by atoms with Crippen molar-refractivity contribution in [1.82, 2.24) is 15.4 Å². The van der Waals surface area contributed by atoms with E-state index in [1.165, 1.54) is 24.0 Å². The molecule has 0 radical (unpaired) electrons. The average molecular weight is 355 g/mol. The topological polar surface area (TPSA) is 113 Å². The SMILES string of the molecule is O=C(CSc1nc2ccccc2[nH]1)NN=Cc1ccccc1[N+](=O)[O-]. The molecule has 0 saturated carbocycles. The van der Waals surface area contributed by atoms with Gasteiger partial charge < -0.3 is 4.98 Å². The lowest BCUT2D eigenvalue weighted by molar-refractivity contribution is -0.385. The van der Waals surface area contributed by atoms with E-state index in [0.717, 1.165) is 11.0 Å². The summed E-state index contributed by atoms with van der Waals surface area (Å²) in [6, 6.07) is 13.7. The van der Waals surface area contributed by atoms with Crippen LogP contribution in [0.1, 0.15) is 5.56 Å². The molecule has 126 valence electrons. The van der Waals surface area contributed by atoms with Crippen LogP contribution < -0.4 is 5.43 Å². The Kier molecular flexibility index (Phi) is 5.05. The van der Waals surface area contributed by atoms with Gasteiger partial charge in [-0.25, -0.2) is 10.4 Å². The lowest BCUT2D eigenvalue weighted by Crippen LogP contribution is -2.19. The average Bonchev–Trinajstić information content (AvgIpc) is 3.03. The van der Waals surface area contributed by atoms with Crippen LogP contribution in [0.25, 0.3) is 11.0 Å². The first kappa shape index (κ1) is 16.7. The van der Waals surface area contributed by atoms with Crippen molar-refractivity contribution < 1.29 is 9.72 Å². The number of amides is 1. The number of nitro groups is 1. The van der Waals surface area contributed by atoms with E-state index in [2.05, 4.69) is 20.5 Å². The van der Waals surface area contributed by atoms with E-state index in [9.17, 15) is 14.9 Å². The van der Waals surface area contributed by atoms with Crippen LogP contribution in [-0.2, 0) is 4.79 Å². The summed E-state index contributed by atoms with van der Waals surface area (Å²) in [6.07, 6.45) is 1.25. The molecule has 0 aliphatic heterocycles. The van der Waals surface area contributed by atoms with Gasteiger partial charge in [-0.15, -0.1) is 0 Å². The van der Waals surface area contributed by atoms with Crippen LogP contribution >= 0.6 is 11.8 Å². The first-order chi connectivity index (χ1) is 12.1. The number of imidazole rings is 1. The molecule has 1 amide bonds. The number of para-hydroxylation sites is 3. The quantitative estimate of drug-likeness (QED) is 0.305. The van der Waals surface area contributed by atoms with Crippen LogP contribution in [0.15, 0.2) is 58.8 Å². The van der Waals surface area contributed by atoms with Crippen molar-refractivity contribution in [3.05, 3.63) is 64.2 Å². The Morgan fingerprint density at radius 3 is 2.84 bits per heavy atom. The van der Waals surface area contributed by atoms with Gasteiger partial charge in [-0.2, -0.15) is 5.10 Å². The minimum absolute atomic E-state index is 0.0721. The molecule has 3 rings (SSSR count). The predicted octanol–water partition coefficient (Wildman–Crippen LogP) is 2.71. The maximum Gasteiger partial charge on any atom is 0.278 e. The molecule has 3 aromatic rings. The molecule has 0 aliphatic rings. The number of hydrogen-bond acceptors (Lipinski definition) is 6. The number of thioether (sulfide) groups is 1. The van der Waals surface area contributed by atoms with Gasteiger partial charge in [0.25, 0.3) is 11.6 Å². The Morgan fingerprint density at radius 2 is 2.04 bits per heavy atom. The summed E-state index contributed by atoms with van der Waals surface area (Å²) in [5, 5.41) is 15.3. The van der Waals surface area contributed by atoms with Crippen LogP contribution in [-0.4, -0.2) is 32.8 Å². The number of H-pyrrole nitrogens is 1. The fourth-order valence-electron chi connectivity index (χ4n) is 2.10. The summed E-state index contributed by atoms with van der Waals surface area (Å²) in [6.45, 7) is 0. The van der Waals surface area contributed by atoms with Crippen LogP contribution in [0, 0.1) is 10.1 Å². The Balaban J connectivity index is 1.55. The first-order valence-electron chi connectivity index (χ1n) is 7.26. The third-order valence-corrected chi connectivity index (χ3v) is 4.11. The Labute approximate surface area is 146 Å². The molecule has 0 saturated heterocycles. The number of benzene rings is 2. The third-order valence-electron chi connectivity index (χ3n) is 3.23. The number of aromatic nitrogens is 2. The van der Waals surface area contributed by atoms with E-state index in [1.807, 2.05) is 24.3 Å². The minimum Gasteiger partial charge on any atom is -0.333 e. The standard InChI is InChI=1S/C16H13N5O3S/c22-15(10-25-16-18-12-6-2-3-7-13(12)19-16)20-17-9-11-5-1-4-8-14(11)21(23)24/h1-9H,10H2,(H,18,19)(H,20,22). The van der Waals surface area contributed by atoms with E-state index < -0.39 is 4.92 Å². The molecule has 2 aromatic carbocycles. The fourth-order valence-corrected chi connectivity index (χ4v) is 2.78. The van der Waals surface area contributed by atoms with Crippen molar-refractivity contribution >= 4 is 40.6 Å². The second kappa shape index (κ2) is 7.58. The molecule has 1 heterocycles. The summed E-state index contributed by atoms with van der Waals surface area (Å²) < 4.78 is 0. The Hall–Kier alpha value is -3.20.